The van der Waals surface area contributed by atoms with Gasteiger partial charge in [-0.05, 0) is 75.8 Å². The molecule has 5 rings (SSSR count). The molecule has 0 bridgehead atoms. The number of pyridine rings is 1. The lowest BCUT2D eigenvalue weighted by Crippen LogP contribution is -2.33. The van der Waals surface area contributed by atoms with Gasteiger partial charge in [-0.1, -0.05) is 19.9 Å². The molecule has 0 saturated carbocycles. The number of nitrogens with one attached hydrogen (secondary N) is 1. The number of aromatic nitrogens is 4. The summed E-state index contributed by atoms with van der Waals surface area (Å²) in [6.45, 7) is 9.87. The van der Waals surface area contributed by atoms with Crippen LogP contribution in [-0.2, 0) is 6.42 Å². The second kappa shape index (κ2) is 9.15. The number of hydrogen-bond donors (Lipinski definition) is 1. The predicted molar refractivity (Wildman–Crippen MR) is 135 cm³/mol. The zero-order valence-electron chi connectivity index (χ0n) is 21.3. The predicted octanol–water partition coefficient (Wildman–Crippen LogP) is 6.30. The summed E-state index contributed by atoms with van der Waals surface area (Å²) in [7, 11) is 0. The third kappa shape index (κ3) is 3.88. The Balaban J connectivity index is 1.59. The fourth-order valence-electron chi connectivity index (χ4n) is 5.44. The summed E-state index contributed by atoms with van der Waals surface area (Å²) in [5, 5.41) is 12.4. The van der Waals surface area contributed by atoms with Gasteiger partial charge in [-0.25, -0.2) is 13.3 Å². The van der Waals surface area contributed by atoms with Gasteiger partial charge in [-0.15, -0.1) is 0 Å². The van der Waals surface area contributed by atoms with E-state index in [9.17, 15) is 13.6 Å². The monoisotopic (exact) mass is 491 g/mol. The Kier molecular flexibility index (Phi) is 6.14. The molecule has 36 heavy (non-hydrogen) atoms. The zero-order valence-corrected chi connectivity index (χ0v) is 21.3. The second-order valence-corrected chi connectivity index (χ2v) is 10.2. The van der Waals surface area contributed by atoms with Crippen LogP contribution in [0.3, 0.4) is 0 Å². The third-order valence-electron chi connectivity index (χ3n) is 6.99. The first-order valence-corrected chi connectivity index (χ1v) is 12.5. The van der Waals surface area contributed by atoms with Gasteiger partial charge < -0.3 is 5.32 Å². The summed E-state index contributed by atoms with van der Waals surface area (Å²) in [5.74, 6) is -1.54. The van der Waals surface area contributed by atoms with Crippen LogP contribution in [0.4, 0.5) is 8.78 Å². The number of rotatable bonds is 5. The smallest absolute Gasteiger partial charge is 0.253 e. The van der Waals surface area contributed by atoms with Crippen LogP contribution < -0.4 is 5.32 Å². The minimum atomic E-state index is -0.643. The number of aryl methyl sites for hydroxylation is 2. The Bertz CT molecular complexity index is 1450. The van der Waals surface area contributed by atoms with Crippen molar-refractivity contribution in [1.82, 2.24) is 24.7 Å². The first kappa shape index (κ1) is 24.2. The van der Waals surface area contributed by atoms with Crippen LogP contribution in [0.5, 0.6) is 0 Å². The molecular weight excluding hydrogens is 460 g/mol. The van der Waals surface area contributed by atoms with E-state index in [0.717, 1.165) is 25.0 Å². The summed E-state index contributed by atoms with van der Waals surface area (Å²) in [4.78, 5) is 13.7. The van der Waals surface area contributed by atoms with Gasteiger partial charge in [-0.3, -0.25) is 9.48 Å². The Labute approximate surface area is 209 Å². The van der Waals surface area contributed by atoms with E-state index in [1.807, 2.05) is 24.7 Å². The lowest BCUT2D eigenvalue weighted by molar-refractivity contribution is 0.0928. The molecule has 188 valence electrons. The molecule has 0 fully saturated rings. The standard InChI is InChI=1S/C28H31F2N5O/c1-15(2)26-19(28(36)32-22-11-6-8-18-14-31-34(16(3)4)27(18)22)12-13-23-24(17(5)33-35(23)26)25-20(29)9-7-10-21(25)30/h7,9-10,12-16,22H,6,8,11H2,1-5H3,(H,32,36). The number of benzene rings is 1. The number of carbonyl (C=O) groups is 1. The first-order chi connectivity index (χ1) is 17.2. The molecule has 6 nitrogen and oxygen atoms in total. The van der Waals surface area contributed by atoms with Crippen molar-refractivity contribution < 1.29 is 13.6 Å². The number of nitrogens with zero attached hydrogens (tertiary/aromatic N) is 4. The van der Waals surface area contributed by atoms with Crippen LogP contribution in [-0.4, -0.2) is 25.3 Å². The average Bonchev–Trinajstić information content (AvgIpc) is 3.40. The van der Waals surface area contributed by atoms with E-state index in [-0.39, 0.29) is 29.5 Å². The molecule has 8 heteroatoms. The molecule has 4 aromatic rings. The molecule has 0 spiro atoms. The highest BCUT2D eigenvalue weighted by atomic mass is 19.1. The molecule has 1 amide bonds. The number of hydrogen-bond acceptors (Lipinski definition) is 3. The van der Waals surface area contributed by atoms with E-state index < -0.39 is 11.6 Å². The Morgan fingerprint density at radius 3 is 2.47 bits per heavy atom. The lowest BCUT2D eigenvalue weighted by Gasteiger charge is -2.27. The van der Waals surface area contributed by atoms with Crippen molar-refractivity contribution in [2.45, 2.75) is 71.9 Å². The van der Waals surface area contributed by atoms with Gasteiger partial charge in [-0.2, -0.15) is 10.2 Å². The van der Waals surface area contributed by atoms with Crippen molar-refractivity contribution in [3.05, 3.63) is 76.4 Å². The summed E-state index contributed by atoms with van der Waals surface area (Å²) in [6.07, 6.45) is 4.69. The number of fused-ring (bicyclic) bond motifs is 2. The highest BCUT2D eigenvalue weighted by Gasteiger charge is 2.30. The molecule has 0 radical (unpaired) electrons. The van der Waals surface area contributed by atoms with E-state index in [2.05, 4.69) is 29.4 Å². The van der Waals surface area contributed by atoms with E-state index in [1.165, 1.54) is 23.8 Å². The van der Waals surface area contributed by atoms with E-state index in [4.69, 9.17) is 0 Å². The number of carbonyl (C=O) groups excluding carboxylic acids is 1. The zero-order chi connectivity index (χ0) is 25.7. The van der Waals surface area contributed by atoms with Gasteiger partial charge in [0.1, 0.15) is 11.6 Å². The number of amides is 1. The van der Waals surface area contributed by atoms with Crippen molar-refractivity contribution >= 4 is 11.4 Å². The van der Waals surface area contributed by atoms with Gasteiger partial charge in [0.15, 0.2) is 0 Å². The van der Waals surface area contributed by atoms with Gasteiger partial charge in [0, 0.05) is 11.6 Å². The second-order valence-electron chi connectivity index (χ2n) is 10.2. The molecule has 1 aromatic carbocycles. The Hall–Kier alpha value is -3.55. The van der Waals surface area contributed by atoms with Crippen LogP contribution in [0.25, 0.3) is 16.6 Å². The van der Waals surface area contributed by atoms with Crippen LogP contribution in [0.15, 0.2) is 36.5 Å². The highest BCUT2D eigenvalue weighted by Crippen LogP contribution is 2.36. The fourth-order valence-corrected chi connectivity index (χ4v) is 5.44. The molecule has 3 aromatic heterocycles. The fraction of sp³-hybridized carbons (Fsp3) is 0.393. The topological polar surface area (TPSA) is 64.2 Å². The SMILES string of the molecule is Cc1nn2c(C(C)C)c(C(=O)NC3CCCc4cnn(C(C)C)c43)ccc2c1-c1c(F)cccc1F. The Morgan fingerprint density at radius 2 is 1.81 bits per heavy atom. The molecular formula is C28H31F2N5O. The van der Waals surface area contributed by atoms with E-state index in [1.54, 1.807) is 23.6 Å². The molecule has 1 atom stereocenters. The molecule has 1 N–H and O–H groups in total. The van der Waals surface area contributed by atoms with Crippen molar-refractivity contribution in [2.75, 3.05) is 0 Å². The molecule has 1 unspecified atom stereocenters. The van der Waals surface area contributed by atoms with E-state index >= 15 is 0 Å². The summed E-state index contributed by atoms with van der Waals surface area (Å²) in [5.41, 5.74) is 4.81. The van der Waals surface area contributed by atoms with Crippen LogP contribution >= 0.6 is 0 Å². The largest absolute Gasteiger partial charge is 0.344 e. The molecule has 1 aliphatic carbocycles. The third-order valence-corrected chi connectivity index (χ3v) is 6.99. The minimum Gasteiger partial charge on any atom is -0.344 e. The first-order valence-electron chi connectivity index (χ1n) is 12.5. The average molecular weight is 492 g/mol. The van der Waals surface area contributed by atoms with Crippen LogP contribution in [0.2, 0.25) is 0 Å². The minimum absolute atomic E-state index is 0.0600. The number of halogens is 2. The maximum Gasteiger partial charge on any atom is 0.253 e. The van der Waals surface area contributed by atoms with Crippen LogP contribution in [0, 0.1) is 18.6 Å². The summed E-state index contributed by atoms with van der Waals surface area (Å²) < 4.78 is 33.0. The molecule has 0 aliphatic heterocycles. The molecule has 0 saturated heterocycles. The van der Waals surface area contributed by atoms with Crippen molar-refractivity contribution in [3.63, 3.8) is 0 Å². The Morgan fingerprint density at radius 1 is 1.08 bits per heavy atom. The maximum absolute atomic E-state index is 14.7. The van der Waals surface area contributed by atoms with Crippen molar-refractivity contribution in [2.24, 2.45) is 0 Å². The highest BCUT2D eigenvalue weighted by molar-refractivity contribution is 5.97. The van der Waals surface area contributed by atoms with Gasteiger partial charge in [0.05, 0.1) is 46.0 Å². The van der Waals surface area contributed by atoms with Crippen LogP contribution in [0.1, 0.15) is 91.5 Å². The normalized spacial score (nSPS) is 15.6. The summed E-state index contributed by atoms with van der Waals surface area (Å²) >= 11 is 0. The quantitative estimate of drug-likeness (QED) is 0.357. The molecule has 1 aliphatic rings. The molecule has 3 heterocycles. The maximum atomic E-state index is 14.7. The summed E-state index contributed by atoms with van der Waals surface area (Å²) in [6, 6.07) is 7.36. The van der Waals surface area contributed by atoms with Gasteiger partial charge in [0.25, 0.3) is 5.91 Å². The van der Waals surface area contributed by atoms with Crippen molar-refractivity contribution in [3.8, 4) is 11.1 Å². The van der Waals surface area contributed by atoms with Gasteiger partial charge >= 0.3 is 0 Å². The lowest BCUT2D eigenvalue weighted by atomic mass is 9.92. The van der Waals surface area contributed by atoms with E-state index in [0.29, 0.717) is 28.0 Å². The van der Waals surface area contributed by atoms with Crippen molar-refractivity contribution in [1.29, 1.82) is 0 Å². The van der Waals surface area contributed by atoms with Gasteiger partial charge in [0.2, 0.25) is 0 Å².